The Kier molecular flexibility index (Phi) is 9.21. The Bertz CT molecular complexity index is 2970. The molecule has 1 aromatic heterocycles. The zero-order chi connectivity index (χ0) is 38.8. The van der Waals surface area contributed by atoms with Gasteiger partial charge in [-0.1, -0.05) is 159 Å². The molecule has 9 rings (SSSR count). The second-order valence-corrected chi connectivity index (χ2v) is 14.9. The maximum Gasteiger partial charge on any atom is 0.115 e. The van der Waals surface area contributed by atoms with Crippen LogP contribution < -0.4 is 48.6 Å². The Morgan fingerprint density at radius 3 is 1.57 bits per heavy atom. The average molecular weight is 708 g/mol. The fraction of sp³-hybridized carbons (Fsp3) is 0. The van der Waals surface area contributed by atoms with Crippen LogP contribution in [-0.4, -0.2) is 62.8 Å². The van der Waals surface area contributed by atoms with Gasteiger partial charge < -0.3 is 4.90 Å². The lowest BCUT2D eigenvalue weighted by Gasteiger charge is -2.37. The van der Waals surface area contributed by atoms with Gasteiger partial charge >= 0.3 is 0 Å². The van der Waals surface area contributed by atoms with E-state index in [0.29, 0.717) is 28.2 Å². The predicted octanol–water partition coefficient (Wildman–Crippen LogP) is 4.03. The zero-order valence-electron chi connectivity index (χ0n) is 30.3. The third-order valence-electron chi connectivity index (χ3n) is 10.6. The molecule has 0 amide bonds. The van der Waals surface area contributed by atoms with Gasteiger partial charge in [0, 0.05) is 37.2 Å². The van der Waals surface area contributed by atoms with Gasteiger partial charge in [0.25, 0.3) is 0 Å². The number of benzene rings is 8. The van der Waals surface area contributed by atoms with Crippen LogP contribution in [0.1, 0.15) is 0 Å². The van der Waals surface area contributed by atoms with Gasteiger partial charge in [-0.2, -0.15) is 0 Å². The fourth-order valence-electron chi connectivity index (χ4n) is 7.96. The smallest absolute Gasteiger partial charge is 0.115 e. The third-order valence-corrected chi connectivity index (χ3v) is 11.8. The minimum Gasteiger partial charge on any atom is -0.313 e. The highest BCUT2D eigenvalue weighted by atomic mass is 32.1. The zero-order valence-corrected chi connectivity index (χ0v) is 31.1. The fourth-order valence-corrected chi connectivity index (χ4v) is 9.09. The van der Waals surface area contributed by atoms with Gasteiger partial charge in [-0.05, 0) is 68.4 Å². The van der Waals surface area contributed by atoms with Gasteiger partial charge in [-0.25, -0.2) is 0 Å². The van der Waals surface area contributed by atoms with Crippen molar-refractivity contribution in [3.8, 4) is 33.4 Å². The van der Waals surface area contributed by atoms with Crippen molar-refractivity contribution in [2.75, 3.05) is 4.90 Å². The molecule has 8 aromatic carbocycles. The summed E-state index contributed by atoms with van der Waals surface area (Å²) < 4.78 is 2.38. The van der Waals surface area contributed by atoms with Crippen LogP contribution in [0.2, 0.25) is 0 Å². The molecular weight excluding hydrogens is 685 g/mol. The molecule has 0 N–H and O–H groups in total. The highest BCUT2D eigenvalue weighted by Crippen LogP contribution is 2.41. The van der Waals surface area contributed by atoms with E-state index < -0.39 is 0 Å². The first-order valence-corrected chi connectivity index (χ1v) is 18.8. The van der Waals surface area contributed by atoms with Gasteiger partial charge in [0.1, 0.15) is 62.8 Å². The molecule has 0 bridgehead atoms. The van der Waals surface area contributed by atoms with E-state index in [4.69, 9.17) is 62.8 Å². The normalized spacial score (nSPS) is 11.4. The number of nitrogens with zero attached hydrogens (tertiary/aromatic N) is 1. The van der Waals surface area contributed by atoms with Gasteiger partial charge in [-0.3, -0.25) is 0 Å². The highest BCUT2D eigenvalue weighted by molar-refractivity contribution is 7.26. The molecule has 0 fully saturated rings. The van der Waals surface area contributed by atoms with Crippen molar-refractivity contribution in [2.45, 2.75) is 0 Å². The molecule has 10 heteroatoms. The van der Waals surface area contributed by atoms with E-state index >= 15 is 0 Å². The molecule has 242 valence electrons. The molecule has 9 aromatic rings. The summed E-state index contributed by atoms with van der Waals surface area (Å²) in [5, 5.41) is 4.30. The summed E-state index contributed by atoms with van der Waals surface area (Å²) in [4.78, 5) is 1.78. The quantitative estimate of drug-likeness (QED) is 0.236. The summed E-state index contributed by atoms with van der Waals surface area (Å²) in [6.45, 7) is 0. The second-order valence-electron chi connectivity index (χ2n) is 13.8. The molecule has 0 unspecified atom stereocenters. The van der Waals surface area contributed by atoms with Crippen LogP contribution in [0.25, 0.3) is 64.3 Å². The Morgan fingerprint density at radius 2 is 0.875 bits per heavy atom. The number of hydrogen-bond acceptors (Lipinski definition) is 2. The number of thiophene rings is 1. The van der Waals surface area contributed by atoms with E-state index in [2.05, 4.69) is 48.5 Å². The summed E-state index contributed by atoms with van der Waals surface area (Å²) in [5.41, 5.74) is 7.54. The summed E-state index contributed by atoms with van der Waals surface area (Å²) in [6.07, 6.45) is 0. The van der Waals surface area contributed by atoms with Crippen molar-refractivity contribution in [2.24, 2.45) is 0 Å². The molecule has 0 aliphatic rings. The van der Waals surface area contributed by atoms with Crippen molar-refractivity contribution >= 4 is 166 Å². The monoisotopic (exact) mass is 709 g/mol. The molecule has 1 nitrogen and oxygen atoms in total. The molecule has 0 spiro atoms. The number of rotatable bonds is 6. The minimum atomic E-state index is 0.180. The Morgan fingerprint density at radius 1 is 0.375 bits per heavy atom. The van der Waals surface area contributed by atoms with Gasteiger partial charge in [-0.15, -0.1) is 11.3 Å². The first-order chi connectivity index (χ1) is 27.2. The van der Waals surface area contributed by atoms with E-state index in [-0.39, 0.29) is 43.7 Å². The first-order valence-electron chi connectivity index (χ1n) is 18.0. The summed E-state index contributed by atoms with van der Waals surface area (Å²) in [5.74, 6) is 0. The molecule has 0 atom stereocenters. The van der Waals surface area contributed by atoms with E-state index in [1.807, 2.05) is 91.0 Å². The maximum atomic E-state index is 7.13. The van der Waals surface area contributed by atoms with Crippen LogP contribution in [0.3, 0.4) is 0 Å². The lowest BCUT2D eigenvalue weighted by molar-refractivity contribution is 1.33. The lowest BCUT2D eigenvalue weighted by Crippen LogP contribution is -2.50. The van der Waals surface area contributed by atoms with E-state index in [1.165, 1.54) is 14.8 Å². The van der Waals surface area contributed by atoms with Gasteiger partial charge in [0.05, 0.1) is 0 Å². The standard InChI is InChI=1S/C46H23B8NS/c47-37-34(25-12-2-1-3-13-25)38(48)42(52)45(41(37)51)55(27-16-8-15-26(23-27)29-19-10-22-33-35(29)31-18-6-7-21-32(31)56-33)46-43(53)39(49)36(40(50)44(46)54)30-20-9-14-24-11-4-5-17-28(24)30/h1-23H. The van der Waals surface area contributed by atoms with Crippen LogP contribution in [0.4, 0.5) is 17.1 Å². The Labute approximate surface area is 341 Å². The topological polar surface area (TPSA) is 3.24 Å². The van der Waals surface area contributed by atoms with Crippen LogP contribution in [0.5, 0.6) is 0 Å². The van der Waals surface area contributed by atoms with Gasteiger partial charge in [0.2, 0.25) is 0 Å². The largest absolute Gasteiger partial charge is 0.313 e. The number of fused-ring (bicyclic) bond motifs is 4. The SMILES string of the molecule is [B]c1c([B])c(N(c2cccc(-c3cccc4sc5ccccc5c34)c2)c2c([B])c([B])c(-c3cccc4ccccc34)c([B])c2[B])c([B])c([B])c1-c1ccccc1. The molecule has 1 heterocycles. The molecule has 0 aliphatic carbocycles. The molecule has 16 radical (unpaired) electrons. The second kappa shape index (κ2) is 14.2. The maximum absolute atomic E-state index is 7.13. The molecule has 56 heavy (non-hydrogen) atoms. The average Bonchev–Trinajstić information content (AvgIpc) is 3.61. The minimum absolute atomic E-state index is 0.180. The Hall–Kier alpha value is -5.44. The van der Waals surface area contributed by atoms with Crippen molar-refractivity contribution in [3.05, 3.63) is 140 Å². The molecule has 0 saturated carbocycles. The summed E-state index contributed by atoms with van der Waals surface area (Å²) in [6, 6.07) is 46.2. The Balaban J connectivity index is 1.33. The number of hydrogen-bond donors (Lipinski definition) is 0. The lowest BCUT2D eigenvalue weighted by atomic mass is 9.62. The predicted molar refractivity (Wildman–Crippen MR) is 251 cm³/mol. The van der Waals surface area contributed by atoms with Crippen LogP contribution in [-0.2, 0) is 0 Å². The van der Waals surface area contributed by atoms with E-state index in [0.717, 1.165) is 38.4 Å². The van der Waals surface area contributed by atoms with Crippen LogP contribution >= 0.6 is 11.3 Å². The van der Waals surface area contributed by atoms with Crippen LogP contribution in [0, 0.1) is 0 Å². The van der Waals surface area contributed by atoms with E-state index in [1.54, 1.807) is 16.2 Å². The molecule has 0 saturated heterocycles. The highest BCUT2D eigenvalue weighted by Gasteiger charge is 2.27. The van der Waals surface area contributed by atoms with Crippen molar-refractivity contribution in [1.82, 2.24) is 0 Å². The van der Waals surface area contributed by atoms with Crippen molar-refractivity contribution in [1.29, 1.82) is 0 Å². The molecular formula is C46H23B8NS. The number of anilines is 3. The van der Waals surface area contributed by atoms with Gasteiger partial charge in [0.15, 0.2) is 0 Å². The van der Waals surface area contributed by atoms with Crippen molar-refractivity contribution in [3.63, 3.8) is 0 Å². The van der Waals surface area contributed by atoms with E-state index in [9.17, 15) is 0 Å². The first kappa shape index (κ1) is 36.2. The van der Waals surface area contributed by atoms with Crippen LogP contribution in [0.15, 0.2) is 140 Å². The van der Waals surface area contributed by atoms with Crippen molar-refractivity contribution < 1.29 is 0 Å². The molecule has 0 aliphatic heterocycles. The summed E-state index contributed by atoms with van der Waals surface area (Å²) in [7, 11) is 56.2. The summed E-state index contributed by atoms with van der Waals surface area (Å²) >= 11 is 1.76. The third kappa shape index (κ3) is 5.72.